The van der Waals surface area contributed by atoms with Crippen LogP contribution < -0.4 is 0 Å². The predicted octanol–water partition coefficient (Wildman–Crippen LogP) is 1.21. The van der Waals surface area contributed by atoms with E-state index >= 15 is 0 Å². The van der Waals surface area contributed by atoms with Crippen molar-refractivity contribution in [3.63, 3.8) is 0 Å². The van der Waals surface area contributed by atoms with E-state index in [9.17, 15) is 4.79 Å². The van der Waals surface area contributed by atoms with Gasteiger partial charge in [-0.15, -0.1) is 0 Å². The molecule has 0 heterocycles. The van der Waals surface area contributed by atoms with Crippen LogP contribution in [0.15, 0.2) is 12.2 Å². The highest BCUT2D eigenvalue weighted by Crippen LogP contribution is 1.94. The molecular weight excluding hydrogens is 144 g/mol. The Bertz CT molecular complexity index is 132. The highest BCUT2D eigenvalue weighted by Gasteiger charge is 2.02. The second-order valence-electron chi connectivity index (χ2n) is 1.96. The number of Topliss-reactive ketones (excluding diaryl/α,β-unsaturated/α-hetero) is 1. The normalized spacial score (nSPS) is 9.40. The minimum atomic E-state index is 0.104. The molecule has 0 aliphatic heterocycles. The average molecular weight is 156 g/mol. The molecule has 0 aromatic carbocycles. The minimum Gasteiger partial charge on any atom is -0.417 e. The van der Waals surface area contributed by atoms with Crippen molar-refractivity contribution >= 4 is 15.5 Å². The third-order valence-corrected chi connectivity index (χ3v) is 1.91. The van der Waals surface area contributed by atoms with E-state index in [1.165, 1.54) is 0 Å². The first-order valence-corrected chi connectivity index (χ1v) is 4.33. The van der Waals surface area contributed by atoms with Crippen molar-refractivity contribution in [3.05, 3.63) is 12.2 Å². The first-order chi connectivity index (χ1) is 4.68. The molecule has 0 rings (SSSR count). The molecule has 0 aromatic rings. The molecule has 0 spiro atoms. The summed E-state index contributed by atoms with van der Waals surface area (Å²) in [6.07, 6.45) is 0. The van der Waals surface area contributed by atoms with Crippen molar-refractivity contribution in [1.29, 1.82) is 0 Å². The number of carbonyl (C=O) groups is 1. The van der Waals surface area contributed by atoms with Crippen LogP contribution in [0.5, 0.6) is 0 Å². The Kier molecular flexibility index (Phi) is 5.16. The molecule has 0 saturated carbocycles. The molecule has 0 aromatic heterocycles. The lowest BCUT2D eigenvalue weighted by molar-refractivity contribution is -0.113. The van der Waals surface area contributed by atoms with Gasteiger partial charge in [0.1, 0.15) is 0 Å². The van der Waals surface area contributed by atoms with Gasteiger partial charge in [-0.25, -0.2) is 0 Å². The molecular formula is C7H12O2Si. The van der Waals surface area contributed by atoms with E-state index in [-0.39, 0.29) is 5.78 Å². The van der Waals surface area contributed by atoms with Crippen LogP contribution in [0.1, 0.15) is 13.8 Å². The SMILES string of the molecule is C=C(C)C(=O)C[Si]OCC. The summed E-state index contributed by atoms with van der Waals surface area (Å²) in [5, 5.41) is 0. The fraction of sp³-hybridized carbons (Fsp3) is 0.571. The predicted molar refractivity (Wildman–Crippen MR) is 42.0 cm³/mol. The summed E-state index contributed by atoms with van der Waals surface area (Å²) < 4.78 is 5.02. The highest BCUT2D eigenvalue weighted by atomic mass is 28.2. The summed E-state index contributed by atoms with van der Waals surface area (Å²) >= 11 is 0. The zero-order valence-electron chi connectivity index (χ0n) is 6.44. The fourth-order valence-electron chi connectivity index (χ4n) is 0.370. The third kappa shape index (κ3) is 4.46. The van der Waals surface area contributed by atoms with Crippen molar-refractivity contribution in [3.8, 4) is 0 Å². The van der Waals surface area contributed by atoms with E-state index in [2.05, 4.69) is 6.58 Å². The summed E-state index contributed by atoms with van der Waals surface area (Å²) in [4.78, 5) is 10.8. The van der Waals surface area contributed by atoms with Gasteiger partial charge in [0.25, 0.3) is 0 Å². The molecule has 0 unspecified atom stereocenters. The smallest absolute Gasteiger partial charge is 0.237 e. The molecule has 0 atom stereocenters. The fourth-order valence-corrected chi connectivity index (χ4v) is 1.11. The number of allylic oxidation sites excluding steroid dienone is 1. The lowest BCUT2D eigenvalue weighted by atomic mass is 10.2. The molecule has 56 valence electrons. The van der Waals surface area contributed by atoms with E-state index in [1.807, 2.05) is 6.92 Å². The Balaban J connectivity index is 3.31. The highest BCUT2D eigenvalue weighted by molar-refractivity contribution is 6.36. The second-order valence-corrected chi connectivity index (χ2v) is 2.89. The van der Waals surface area contributed by atoms with Crippen LogP contribution in [-0.2, 0) is 9.22 Å². The topological polar surface area (TPSA) is 26.3 Å². The summed E-state index contributed by atoms with van der Waals surface area (Å²) in [6, 6.07) is 0.489. The maximum Gasteiger partial charge on any atom is 0.237 e. The number of hydrogen-bond donors (Lipinski definition) is 0. The molecule has 0 fully saturated rings. The van der Waals surface area contributed by atoms with Gasteiger partial charge >= 0.3 is 0 Å². The maximum absolute atomic E-state index is 10.8. The zero-order valence-corrected chi connectivity index (χ0v) is 7.44. The van der Waals surface area contributed by atoms with Gasteiger partial charge in [0.15, 0.2) is 5.78 Å². The standard InChI is InChI=1S/C7H12O2Si/c1-4-9-10-5-7(8)6(2)3/h2,4-5H2,1,3H3. The Labute approximate surface area is 64.2 Å². The summed E-state index contributed by atoms with van der Waals surface area (Å²) in [5.74, 6) is 0.104. The monoisotopic (exact) mass is 156 g/mol. The van der Waals surface area contributed by atoms with Crippen LogP contribution >= 0.6 is 0 Å². The molecule has 0 aliphatic rings. The number of hydrogen-bond acceptors (Lipinski definition) is 2. The van der Waals surface area contributed by atoms with Crippen molar-refractivity contribution in [2.45, 2.75) is 19.9 Å². The lowest BCUT2D eigenvalue weighted by Crippen LogP contribution is -2.06. The Morgan fingerprint density at radius 1 is 1.70 bits per heavy atom. The van der Waals surface area contributed by atoms with Gasteiger partial charge in [-0.1, -0.05) is 6.58 Å². The largest absolute Gasteiger partial charge is 0.417 e. The summed E-state index contributed by atoms with van der Waals surface area (Å²) in [5.41, 5.74) is 0.618. The van der Waals surface area contributed by atoms with Crippen LogP contribution in [0.2, 0.25) is 6.04 Å². The number of rotatable bonds is 5. The molecule has 0 saturated heterocycles. The summed E-state index contributed by atoms with van der Waals surface area (Å²) in [7, 11) is 0.295. The molecule has 0 N–H and O–H groups in total. The first-order valence-electron chi connectivity index (χ1n) is 3.21. The van der Waals surface area contributed by atoms with E-state index in [0.717, 1.165) is 0 Å². The van der Waals surface area contributed by atoms with E-state index in [1.54, 1.807) is 6.92 Å². The van der Waals surface area contributed by atoms with E-state index < -0.39 is 0 Å². The van der Waals surface area contributed by atoms with Crippen molar-refractivity contribution < 1.29 is 9.22 Å². The van der Waals surface area contributed by atoms with Gasteiger partial charge in [0.05, 0.1) is 0 Å². The summed E-state index contributed by atoms with van der Waals surface area (Å²) in [6.45, 7) is 7.85. The van der Waals surface area contributed by atoms with Crippen molar-refractivity contribution in [2.24, 2.45) is 0 Å². The average Bonchev–Trinajstić information content (AvgIpc) is 1.88. The third-order valence-electron chi connectivity index (χ3n) is 0.955. The molecule has 10 heavy (non-hydrogen) atoms. The van der Waals surface area contributed by atoms with Crippen LogP contribution in [-0.4, -0.2) is 22.2 Å². The minimum absolute atomic E-state index is 0.104. The van der Waals surface area contributed by atoms with Crippen LogP contribution in [0.3, 0.4) is 0 Å². The molecule has 0 amide bonds. The quantitative estimate of drug-likeness (QED) is 0.340. The van der Waals surface area contributed by atoms with Gasteiger partial charge in [0.2, 0.25) is 9.76 Å². The van der Waals surface area contributed by atoms with Gasteiger partial charge in [-0.2, -0.15) is 0 Å². The van der Waals surface area contributed by atoms with Crippen LogP contribution in [0, 0.1) is 0 Å². The van der Waals surface area contributed by atoms with E-state index in [4.69, 9.17) is 4.43 Å². The number of carbonyl (C=O) groups excluding carboxylic acids is 1. The molecule has 0 bridgehead atoms. The van der Waals surface area contributed by atoms with Gasteiger partial charge in [0, 0.05) is 12.7 Å². The van der Waals surface area contributed by atoms with E-state index in [0.29, 0.717) is 28.0 Å². The molecule has 3 heteroatoms. The Morgan fingerprint density at radius 3 is 2.70 bits per heavy atom. The Morgan fingerprint density at radius 2 is 2.30 bits per heavy atom. The lowest BCUT2D eigenvalue weighted by Gasteiger charge is -1.96. The maximum atomic E-state index is 10.8. The second kappa shape index (κ2) is 5.38. The van der Waals surface area contributed by atoms with Crippen molar-refractivity contribution in [1.82, 2.24) is 0 Å². The molecule has 2 nitrogen and oxygen atoms in total. The van der Waals surface area contributed by atoms with Gasteiger partial charge in [-0.3, -0.25) is 4.79 Å². The zero-order chi connectivity index (χ0) is 7.98. The Hall–Kier alpha value is -0.413. The molecule has 2 radical (unpaired) electrons. The van der Waals surface area contributed by atoms with Crippen LogP contribution in [0.4, 0.5) is 0 Å². The molecule has 0 aliphatic carbocycles. The first kappa shape index (κ1) is 9.59. The van der Waals surface area contributed by atoms with Gasteiger partial charge < -0.3 is 4.43 Å². The van der Waals surface area contributed by atoms with Crippen LogP contribution in [0.25, 0.3) is 0 Å². The number of ketones is 1. The van der Waals surface area contributed by atoms with Crippen molar-refractivity contribution in [2.75, 3.05) is 6.61 Å². The van der Waals surface area contributed by atoms with Gasteiger partial charge in [-0.05, 0) is 19.4 Å².